The minimum Gasteiger partial charge on any atom is -0.302 e. The summed E-state index contributed by atoms with van der Waals surface area (Å²) < 4.78 is 27.9. The van der Waals surface area contributed by atoms with E-state index in [1.165, 1.54) is 25.1 Å². The Balaban J connectivity index is 2.08. The Morgan fingerprint density at radius 3 is 2.80 bits per heavy atom. The fourth-order valence-corrected chi connectivity index (χ4v) is 4.49. The number of aromatic nitrogens is 1. The molecular weight excluding hydrogens is 366 g/mol. The van der Waals surface area contributed by atoms with Gasteiger partial charge in [-0.25, -0.2) is 18.1 Å². The normalized spacial score (nSPS) is 18.4. The van der Waals surface area contributed by atoms with Crippen LogP contribution in [0.15, 0.2) is 21.6 Å². The van der Waals surface area contributed by atoms with Crippen LogP contribution in [-0.2, 0) is 10.0 Å². The van der Waals surface area contributed by atoms with Crippen molar-refractivity contribution in [1.82, 2.24) is 14.6 Å². The van der Waals surface area contributed by atoms with Gasteiger partial charge in [-0.05, 0) is 54.9 Å². The highest BCUT2D eigenvalue weighted by atomic mass is 79.9. The lowest BCUT2D eigenvalue weighted by atomic mass is 10.3. The van der Waals surface area contributed by atoms with Gasteiger partial charge in [0.15, 0.2) is 0 Å². The molecule has 0 bridgehead atoms. The summed E-state index contributed by atoms with van der Waals surface area (Å²) in [7, 11) is -3.66. The maximum absolute atomic E-state index is 12.3. The predicted molar refractivity (Wildman–Crippen MR) is 82.4 cm³/mol. The first-order chi connectivity index (χ1) is 9.38. The molecule has 1 aromatic heterocycles. The van der Waals surface area contributed by atoms with Crippen molar-refractivity contribution < 1.29 is 8.42 Å². The van der Waals surface area contributed by atoms with E-state index in [2.05, 4.69) is 30.5 Å². The lowest BCUT2D eigenvalue weighted by Crippen LogP contribution is -2.41. The molecule has 0 amide bonds. The molecule has 0 aliphatic carbocycles. The lowest BCUT2D eigenvalue weighted by molar-refractivity contribution is 0.313. The molecular formula is C12H17BrClN3O2S. The number of hydrogen-bond donors (Lipinski definition) is 1. The van der Waals surface area contributed by atoms with Crippen LogP contribution in [0.3, 0.4) is 0 Å². The van der Waals surface area contributed by atoms with Crippen molar-refractivity contribution in [3.63, 3.8) is 0 Å². The van der Waals surface area contributed by atoms with E-state index in [1.54, 1.807) is 0 Å². The molecule has 112 valence electrons. The molecule has 1 saturated heterocycles. The summed E-state index contributed by atoms with van der Waals surface area (Å²) in [5.41, 5.74) is 0. The smallest absolute Gasteiger partial charge is 0.243 e. The van der Waals surface area contributed by atoms with Gasteiger partial charge in [-0.1, -0.05) is 11.6 Å². The quantitative estimate of drug-likeness (QED) is 0.794. The van der Waals surface area contributed by atoms with Gasteiger partial charge in [0.25, 0.3) is 0 Å². The van der Waals surface area contributed by atoms with Gasteiger partial charge in [0.2, 0.25) is 10.0 Å². The minimum atomic E-state index is -3.66. The second kappa shape index (κ2) is 6.70. The summed E-state index contributed by atoms with van der Waals surface area (Å²) in [6.07, 6.45) is 3.83. The van der Waals surface area contributed by atoms with Crippen molar-refractivity contribution >= 4 is 37.6 Å². The van der Waals surface area contributed by atoms with Crippen molar-refractivity contribution in [2.45, 2.75) is 30.7 Å². The second-order valence-corrected chi connectivity index (χ2v) is 7.93. The van der Waals surface area contributed by atoms with E-state index in [1.807, 2.05) is 6.92 Å². The fraction of sp³-hybridized carbons (Fsp3) is 0.583. The lowest BCUT2D eigenvalue weighted by Gasteiger charge is -2.21. The van der Waals surface area contributed by atoms with Crippen LogP contribution in [0.25, 0.3) is 0 Å². The van der Waals surface area contributed by atoms with Gasteiger partial charge in [-0.15, -0.1) is 0 Å². The zero-order chi connectivity index (χ0) is 14.8. The molecule has 5 nitrogen and oxygen atoms in total. The average Bonchev–Trinajstić information content (AvgIpc) is 2.84. The van der Waals surface area contributed by atoms with Crippen LogP contribution in [0.4, 0.5) is 0 Å². The average molecular weight is 383 g/mol. The van der Waals surface area contributed by atoms with E-state index in [9.17, 15) is 8.42 Å². The van der Waals surface area contributed by atoms with Gasteiger partial charge in [0.1, 0.15) is 10.0 Å². The van der Waals surface area contributed by atoms with E-state index < -0.39 is 10.0 Å². The number of rotatable bonds is 5. The Kier molecular flexibility index (Phi) is 5.42. The summed E-state index contributed by atoms with van der Waals surface area (Å²) in [5.74, 6) is 0. The molecule has 1 atom stereocenters. The second-order valence-electron chi connectivity index (χ2n) is 4.97. The van der Waals surface area contributed by atoms with Gasteiger partial charge in [0, 0.05) is 23.3 Å². The summed E-state index contributed by atoms with van der Waals surface area (Å²) in [5, 5.41) is -0.0194. The minimum absolute atomic E-state index is 0.00168. The maximum Gasteiger partial charge on any atom is 0.243 e. The molecule has 0 radical (unpaired) electrons. The monoisotopic (exact) mass is 381 g/mol. The summed E-state index contributed by atoms with van der Waals surface area (Å²) >= 11 is 9.08. The van der Waals surface area contributed by atoms with Gasteiger partial charge in [-0.2, -0.15) is 0 Å². The molecule has 2 rings (SSSR count). The van der Waals surface area contributed by atoms with Crippen molar-refractivity contribution in [3.05, 3.63) is 21.9 Å². The Hall–Kier alpha value is -0.210. The Morgan fingerprint density at radius 2 is 2.15 bits per heavy atom. The molecule has 8 heteroatoms. The molecule has 1 fully saturated rings. The van der Waals surface area contributed by atoms with E-state index in [-0.39, 0.29) is 16.1 Å². The van der Waals surface area contributed by atoms with Crippen molar-refractivity contribution in [1.29, 1.82) is 0 Å². The highest BCUT2D eigenvalue weighted by molar-refractivity contribution is 9.10. The summed E-state index contributed by atoms with van der Waals surface area (Å²) in [4.78, 5) is 6.10. The van der Waals surface area contributed by atoms with Crippen molar-refractivity contribution in [2.75, 3.05) is 19.6 Å². The topological polar surface area (TPSA) is 62.3 Å². The first-order valence-corrected chi connectivity index (χ1v) is 9.09. The molecule has 0 spiro atoms. The summed E-state index contributed by atoms with van der Waals surface area (Å²) in [6, 6.07) is 1.29. The zero-order valence-corrected chi connectivity index (χ0v) is 14.3. The number of halogens is 2. The molecule has 2 heterocycles. The fourth-order valence-electron chi connectivity index (χ4n) is 2.31. The van der Waals surface area contributed by atoms with Crippen molar-refractivity contribution in [2.24, 2.45) is 0 Å². The third kappa shape index (κ3) is 4.14. The Morgan fingerprint density at radius 1 is 1.50 bits per heavy atom. The van der Waals surface area contributed by atoms with Gasteiger partial charge < -0.3 is 4.90 Å². The Bertz CT molecular complexity index is 576. The molecule has 1 N–H and O–H groups in total. The largest absolute Gasteiger partial charge is 0.302 e. The van der Waals surface area contributed by atoms with Crippen LogP contribution in [0, 0.1) is 0 Å². The van der Waals surface area contributed by atoms with E-state index >= 15 is 0 Å². The molecule has 1 aliphatic heterocycles. The molecule has 1 aromatic rings. The molecule has 0 saturated carbocycles. The zero-order valence-electron chi connectivity index (χ0n) is 11.1. The number of sulfonamides is 1. The van der Waals surface area contributed by atoms with Gasteiger partial charge in [0.05, 0.1) is 0 Å². The number of likely N-dealkylation sites (tertiary alicyclic amines) is 1. The number of pyridine rings is 1. The van der Waals surface area contributed by atoms with Crippen LogP contribution >= 0.6 is 27.5 Å². The highest BCUT2D eigenvalue weighted by Gasteiger charge is 2.23. The molecule has 0 aromatic carbocycles. The molecule has 1 aliphatic rings. The third-order valence-electron chi connectivity index (χ3n) is 3.15. The first kappa shape index (κ1) is 16.2. The highest BCUT2D eigenvalue weighted by Crippen LogP contribution is 2.22. The van der Waals surface area contributed by atoms with E-state index in [0.29, 0.717) is 11.0 Å². The number of nitrogens with zero attached hydrogens (tertiary/aromatic N) is 2. The van der Waals surface area contributed by atoms with Crippen LogP contribution < -0.4 is 4.72 Å². The predicted octanol–water partition coefficient (Wildman–Crippen LogP) is 2.26. The van der Waals surface area contributed by atoms with Crippen molar-refractivity contribution in [3.8, 4) is 0 Å². The molecule has 20 heavy (non-hydrogen) atoms. The van der Waals surface area contributed by atoms with E-state index in [4.69, 9.17) is 11.6 Å². The standard InChI is InChI=1S/C12H17BrClN3O2S/c1-9(8-17-4-2-3-5-17)16-20(18,19)11-6-10(13)7-15-12(11)14/h6-7,9,16H,2-5,8H2,1H3. The maximum atomic E-state index is 12.3. The Labute approximate surface area is 132 Å². The van der Waals surface area contributed by atoms with Gasteiger partial charge >= 0.3 is 0 Å². The first-order valence-electron chi connectivity index (χ1n) is 6.44. The van der Waals surface area contributed by atoms with E-state index in [0.717, 1.165) is 13.1 Å². The number of nitrogens with one attached hydrogen (secondary N) is 1. The third-order valence-corrected chi connectivity index (χ3v) is 5.60. The number of hydrogen-bond acceptors (Lipinski definition) is 4. The molecule has 1 unspecified atom stereocenters. The van der Waals surface area contributed by atoms with Crippen LogP contribution in [0.5, 0.6) is 0 Å². The van der Waals surface area contributed by atoms with Crippen LogP contribution in [0.2, 0.25) is 5.15 Å². The summed E-state index contributed by atoms with van der Waals surface area (Å²) in [6.45, 7) is 4.63. The SMILES string of the molecule is CC(CN1CCCC1)NS(=O)(=O)c1cc(Br)cnc1Cl. The van der Waals surface area contributed by atoms with Gasteiger partial charge in [-0.3, -0.25) is 0 Å². The van der Waals surface area contributed by atoms with Crippen LogP contribution in [0.1, 0.15) is 19.8 Å². The van der Waals surface area contributed by atoms with Crippen LogP contribution in [-0.4, -0.2) is 44.0 Å².